The number of carbonyl (C=O) groups excluding carboxylic acids is 2. The van der Waals surface area contributed by atoms with Gasteiger partial charge in [0.25, 0.3) is 0 Å². The third-order valence-electron chi connectivity index (χ3n) is 2.69. The van der Waals surface area contributed by atoms with Gasteiger partial charge in [0.05, 0.1) is 0 Å². The van der Waals surface area contributed by atoms with E-state index in [2.05, 4.69) is 0 Å². The fourth-order valence-electron chi connectivity index (χ4n) is 1.62. The van der Waals surface area contributed by atoms with E-state index in [0.717, 1.165) is 5.56 Å². The fraction of sp³-hybridized carbons (Fsp3) is 0.500. The standard InChI is InChI=1S/C16H23NO5/c1-11-9-13(17(6)15(19)22-16(3,4)5)7-8-14(11)21-10-20-12(2)18/h7-9H,10H2,1-6H3. The SMILES string of the molecule is CC(=O)OCOc1ccc(N(C)C(=O)OC(C)(C)C)cc1C. The second kappa shape index (κ2) is 7.15. The number of hydrogen-bond donors (Lipinski definition) is 0. The number of ether oxygens (including phenoxy) is 3. The zero-order valence-corrected chi connectivity index (χ0v) is 13.9. The average molecular weight is 309 g/mol. The molecule has 0 radical (unpaired) electrons. The highest BCUT2D eigenvalue weighted by atomic mass is 16.7. The highest BCUT2D eigenvalue weighted by Gasteiger charge is 2.20. The van der Waals surface area contributed by atoms with Crippen molar-refractivity contribution in [3.63, 3.8) is 0 Å². The van der Waals surface area contributed by atoms with Gasteiger partial charge >= 0.3 is 12.1 Å². The Labute approximate surface area is 131 Å². The molecular weight excluding hydrogens is 286 g/mol. The maximum absolute atomic E-state index is 12.0. The molecule has 22 heavy (non-hydrogen) atoms. The summed E-state index contributed by atoms with van der Waals surface area (Å²) >= 11 is 0. The third-order valence-corrected chi connectivity index (χ3v) is 2.69. The highest BCUT2D eigenvalue weighted by Crippen LogP contribution is 2.25. The minimum Gasteiger partial charge on any atom is -0.457 e. The van der Waals surface area contributed by atoms with Crippen molar-refractivity contribution in [3.05, 3.63) is 23.8 Å². The average Bonchev–Trinajstić information content (AvgIpc) is 2.37. The monoisotopic (exact) mass is 309 g/mol. The number of carbonyl (C=O) groups is 2. The lowest BCUT2D eigenvalue weighted by Crippen LogP contribution is -2.34. The maximum atomic E-state index is 12.0. The molecule has 0 aliphatic rings. The van der Waals surface area contributed by atoms with Crippen LogP contribution in [0.4, 0.5) is 10.5 Å². The second-order valence-electron chi connectivity index (χ2n) is 5.89. The van der Waals surface area contributed by atoms with E-state index >= 15 is 0 Å². The van der Waals surface area contributed by atoms with Gasteiger partial charge in [-0.25, -0.2) is 4.79 Å². The van der Waals surface area contributed by atoms with Crippen molar-refractivity contribution < 1.29 is 23.8 Å². The molecule has 0 N–H and O–H groups in total. The first-order chi connectivity index (χ1) is 10.1. The van der Waals surface area contributed by atoms with E-state index in [-0.39, 0.29) is 6.79 Å². The molecule has 0 aliphatic carbocycles. The molecule has 0 saturated heterocycles. The minimum absolute atomic E-state index is 0.141. The predicted octanol–water partition coefficient (Wildman–Crippen LogP) is 3.27. The van der Waals surface area contributed by atoms with Gasteiger partial charge in [0, 0.05) is 19.7 Å². The fourth-order valence-corrected chi connectivity index (χ4v) is 1.62. The van der Waals surface area contributed by atoms with Gasteiger partial charge in [0.1, 0.15) is 11.4 Å². The first kappa shape index (κ1) is 17.8. The van der Waals surface area contributed by atoms with Crippen LogP contribution >= 0.6 is 0 Å². The number of hydrogen-bond acceptors (Lipinski definition) is 5. The molecular formula is C16H23NO5. The molecule has 0 saturated carbocycles. The van der Waals surface area contributed by atoms with Crippen molar-refractivity contribution >= 4 is 17.7 Å². The van der Waals surface area contributed by atoms with Gasteiger partial charge in [0.2, 0.25) is 6.79 Å². The van der Waals surface area contributed by atoms with E-state index in [9.17, 15) is 9.59 Å². The van der Waals surface area contributed by atoms with Crippen LogP contribution < -0.4 is 9.64 Å². The van der Waals surface area contributed by atoms with Crippen LogP contribution in [0.25, 0.3) is 0 Å². The molecule has 0 aromatic heterocycles. The van der Waals surface area contributed by atoms with E-state index in [0.29, 0.717) is 11.4 Å². The lowest BCUT2D eigenvalue weighted by Gasteiger charge is -2.25. The zero-order valence-electron chi connectivity index (χ0n) is 13.9. The number of esters is 1. The summed E-state index contributed by atoms with van der Waals surface area (Å²) in [6.45, 7) is 8.46. The molecule has 0 bridgehead atoms. The Morgan fingerprint density at radius 2 is 1.86 bits per heavy atom. The molecule has 0 spiro atoms. The van der Waals surface area contributed by atoms with Crippen molar-refractivity contribution in [2.24, 2.45) is 0 Å². The third kappa shape index (κ3) is 5.63. The van der Waals surface area contributed by atoms with Crippen LogP contribution in [-0.4, -0.2) is 31.5 Å². The van der Waals surface area contributed by atoms with Crippen molar-refractivity contribution in [1.82, 2.24) is 0 Å². The molecule has 0 aliphatic heterocycles. The van der Waals surface area contributed by atoms with E-state index < -0.39 is 17.7 Å². The number of amides is 1. The van der Waals surface area contributed by atoms with Crippen molar-refractivity contribution in [2.75, 3.05) is 18.7 Å². The molecule has 6 heteroatoms. The Morgan fingerprint density at radius 1 is 1.23 bits per heavy atom. The summed E-state index contributed by atoms with van der Waals surface area (Å²) in [7, 11) is 1.64. The van der Waals surface area contributed by atoms with Crippen molar-refractivity contribution in [2.45, 2.75) is 40.2 Å². The van der Waals surface area contributed by atoms with E-state index in [1.165, 1.54) is 11.8 Å². The molecule has 122 valence electrons. The highest BCUT2D eigenvalue weighted by molar-refractivity contribution is 5.87. The van der Waals surface area contributed by atoms with Gasteiger partial charge in [-0.15, -0.1) is 0 Å². The molecule has 1 aromatic carbocycles. The van der Waals surface area contributed by atoms with E-state index in [4.69, 9.17) is 14.2 Å². The molecule has 0 atom stereocenters. The Balaban J connectivity index is 2.75. The molecule has 1 aromatic rings. The molecule has 1 rings (SSSR count). The summed E-state index contributed by atoms with van der Waals surface area (Å²) in [5.41, 5.74) is 0.958. The summed E-state index contributed by atoms with van der Waals surface area (Å²) < 4.78 is 15.4. The largest absolute Gasteiger partial charge is 0.457 e. The maximum Gasteiger partial charge on any atom is 0.414 e. The Hall–Kier alpha value is -2.24. The Kier molecular flexibility index (Phi) is 5.79. The summed E-state index contributed by atoms with van der Waals surface area (Å²) in [5.74, 6) is 0.182. The van der Waals surface area contributed by atoms with Crippen LogP contribution in [-0.2, 0) is 14.3 Å². The molecule has 6 nitrogen and oxygen atoms in total. The van der Waals surface area contributed by atoms with Gasteiger partial charge in [-0.3, -0.25) is 9.69 Å². The Morgan fingerprint density at radius 3 is 2.36 bits per heavy atom. The summed E-state index contributed by atoms with van der Waals surface area (Å²) in [6.07, 6.45) is -0.430. The molecule has 0 heterocycles. The predicted molar refractivity (Wildman–Crippen MR) is 83.1 cm³/mol. The lowest BCUT2D eigenvalue weighted by molar-refractivity contribution is -0.147. The minimum atomic E-state index is -0.548. The number of benzene rings is 1. The van der Waals surface area contributed by atoms with Gasteiger partial charge in [0.15, 0.2) is 0 Å². The number of anilines is 1. The van der Waals surface area contributed by atoms with Crippen molar-refractivity contribution in [1.29, 1.82) is 0 Å². The van der Waals surface area contributed by atoms with Crippen LogP contribution in [0.5, 0.6) is 5.75 Å². The molecule has 1 amide bonds. The second-order valence-corrected chi connectivity index (χ2v) is 5.89. The Bertz CT molecular complexity index is 548. The number of nitrogens with zero attached hydrogens (tertiary/aromatic N) is 1. The van der Waals surface area contributed by atoms with Gasteiger partial charge in [-0.2, -0.15) is 0 Å². The van der Waals surface area contributed by atoms with E-state index in [1.807, 2.05) is 27.7 Å². The number of aryl methyl sites for hydroxylation is 1. The summed E-state index contributed by atoms with van der Waals surface area (Å²) in [6, 6.07) is 5.25. The summed E-state index contributed by atoms with van der Waals surface area (Å²) in [5, 5.41) is 0. The zero-order chi connectivity index (χ0) is 16.9. The van der Waals surface area contributed by atoms with Crippen LogP contribution in [0.3, 0.4) is 0 Å². The quantitative estimate of drug-likeness (QED) is 0.631. The van der Waals surface area contributed by atoms with Gasteiger partial charge in [-0.1, -0.05) is 0 Å². The van der Waals surface area contributed by atoms with Crippen molar-refractivity contribution in [3.8, 4) is 5.75 Å². The van der Waals surface area contributed by atoms with E-state index in [1.54, 1.807) is 25.2 Å². The lowest BCUT2D eigenvalue weighted by atomic mass is 10.2. The first-order valence-corrected chi connectivity index (χ1v) is 6.93. The number of rotatable bonds is 4. The normalized spacial score (nSPS) is 10.8. The van der Waals surface area contributed by atoms with Gasteiger partial charge in [-0.05, 0) is 51.5 Å². The van der Waals surface area contributed by atoms with Crippen LogP contribution in [0.15, 0.2) is 18.2 Å². The molecule has 0 unspecified atom stereocenters. The van der Waals surface area contributed by atoms with Gasteiger partial charge < -0.3 is 14.2 Å². The van der Waals surface area contributed by atoms with Crippen LogP contribution in [0, 0.1) is 6.92 Å². The topological polar surface area (TPSA) is 65.1 Å². The smallest absolute Gasteiger partial charge is 0.414 e. The van der Waals surface area contributed by atoms with Crippen LogP contribution in [0.2, 0.25) is 0 Å². The first-order valence-electron chi connectivity index (χ1n) is 6.93. The molecule has 0 fully saturated rings. The summed E-state index contributed by atoms with van der Waals surface area (Å²) in [4.78, 5) is 24.1. The van der Waals surface area contributed by atoms with Crippen LogP contribution in [0.1, 0.15) is 33.3 Å².